The number of hydrogen-bond donors (Lipinski definition) is 2. The zero-order valence-electron chi connectivity index (χ0n) is 10.4. The number of carbonyl (C=O) groups is 2. The normalized spacial score (nSPS) is 31.3. The molecule has 2 aliphatic heterocycles. The third-order valence-corrected chi connectivity index (χ3v) is 3.87. The van der Waals surface area contributed by atoms with Crippen LogP contribution in [0.15, 0.2) is 0 Å². The summed E-state index contributed by atoms with van der Waals surface area (Å²) in [6.07, 6.45) is 4.73. The van der Waals surface area contributed by atoms with Crippen LogP contribution < -0.4 is 10.6 Å². The molecule has 0 aromatic heterocycles. The number of carbonyl (C=O) groups excluding carboxylic acids is 2. The quantitative estimate of drug-likeness (QED) is 0.763. The fourth-order valence-corrected chi connectivity index (χ4v) is 2.78. The maximum atomic E-state index is 11.9. The molecule has 2 heterocycles. The first-order valence-corrected chi connectivity index (χ1v) is 6.57. The molecule has 0 aromatic rings. The highest BCUT2D eigenvalue weighted by molar-refractivity contribution is 5.85. The molecule has 2 unspecified atom stereocenters. The van der Waals surface area contributed by atoms with Crippen LogP contribution in [0.25, 0.3) is 0 Å². The number of halogens is 1. The number of likely N-dealkylation sites (tertiary alicyclic amines) is 1. The van der Waals surface area contributed by atoms with Crippen LogP contribution in [0, 0.1) is 0 Å². The summed E-state index contributed by atoms with van der Waals surface area (Å²) in [7, 11) is 0. The van der Waals surface area contributed by atoms with Gasteiger partial charge in [-0.25, -0.2) is 0 Å². The van der Waals surface area contributed by atoms with Gasteiger partial charge in [-0.3, -0.25) is 9.59 Å². The Labute approximate surface area is 113 Å². The van der Waals surface area contributed by atoms with E-state index in [1.165, 1.54) is 0 Å². The lowest BCUT2D eigenvalue weighted by Crippen LogP contribution is -2.46. The van der Waals surface area contributed by atoms with E-state index in [-0.39, 0.29) is 36.3 Å². The third-order valence-electron chi connectivity index (χ3n) is 3.87. The summed E-state index contributed by atoms with van der Waals surface area (Å²) in [5.41, 5.74) is 0. The molecule has 0 bridgehead atoms. The van der Waals surface area contributed by atoms with Crippen molar-refractivity contribution in [1.82, 2.24) is 15.5 Å². The molecular formula is C12H20ClN3O2. The molecule has 0 aromatic carbocycles. The molecule has 0 radical (unpaired) electrons. The molecule has 2 N–H and O–H groups in total. The van der Waals surface area contributed by atoms with Crippen LogP contribution in [-0.4, -0.2) is 47.9 Å². The number of hydrogen-bond acceptors (Lipinski definition) is 3. The molecule has 0 spiro atoms. The average molecular weight is 274 g/mol. The lowest BCUT2D eigenvalue weighted by atomic mass is 10.2. The van der Waals surface area contributed by atoms with Crippen molar-refractivity contribution in [3.05, 3.63) is 0 Å². The fraction of sp³-hybridized carbons (Fsp3) is 0.833. The molecule has 3 aliphatic rings. The van der Waals surface area contributed by atoms with E-state index >= 15 is 0 Å². The van der Waals surface area contributed by atoms with E-state index in [1.54, 1.807) is 0 Å². The Kier molecular flexibility index (Phi) is 4.12. The molecular weight excluding hydrogens is 254 g/mol. The van der Waals surface area contributed by atoms with Gasteiger partial charge in [0.15, 0.2) is 0 Å². The predicted molar refractivity (Wildman–Crippen MR) is 69.6 cm³/mol. The van der Waals surface area contributed by atoms with E-state index in [2.05, 4.69) is 10.6 Å². The SMILES string of the molecule is Cl.O=C(NC1CC(=O)N(C2CC2)C1)C1CCCN1. The zero-order valence-corrected chi connectivity index (χ0v) is 11.2. The van der Waals surface area contributed by atoms with Crippen molar-refractivity contribution >= 4 is 24.2 Å². The van der Waals surface area contributed by atoms with Gasteiger partial charge in [0.05, 0.1) is 12.1 Å². The summed E-state index contributed by atoms with van der Waals surface area (Å²) in [5.74, 6) is 0.273. The fourth-order valence-electron chi connectivity index (χ4n) is 2.78. The van der Waals surface area contributed by atoms with Crippen molar-refractivity contribution in [2.24, 2.45) is 0 Å². The second-order valence-corrected chi connectivity index (χ2v) is 5.34. The molecule has 2 atom stereocenters. The lowest BCUT2D eigenvalue weighted by molar-refractivity contribution is -0.128. The Morgan fingerprint density at radius 2 is 2.11 bits per heavy atom. The van der Waals surface area contributed by atoms with Crippen molar-refractivity contribution in [1.29, 1.82) is 0 Å². The monoisotopic (exact) mass is 273 g/mol. The molecule has 6 heteroatoms. The second kappa shape index (κ2) is 5.45. The molecule has 1 aliphatic carbocycles. The highest BCUT2D eigenvalue weighted by Crippen LogP contribution is 2.30. The highest BCUT2D eigenvalue weighted by Gasteiger charge is 2.40. The summed E-state index contributed by atoms with van der Waals surface area (Å²) in [6.45, 7) is 1.64. The van der Waals surface area contributed by atoms with E-state index < -0.39 is 0 Å². The minimum absolute atomic E-state index is 0. The van der Waals surface area contributed by atoms with Crippen LogP contribution in [-0.2, 0) is 9.59 Å². The number of nitrogens with one attached hydrogen (secondary N) is 2. The maximum Gasteiger partial charge on any atom is 0.237 e. The lowest BCUT2D eigenvalue weighted by Gasteiger charge is -2.17. The largest absolute Gasteiger partial charge is 0.350 e. The number of nitrogens with zero attached hydrogens (tertiary/aromatic N) is 1. The van der Waals surface area contributed by atoms with Crippen LogP contribution in [0.1, 0.15) is 32.1 Å². The van der Waals surface area contributed by atoms with E-state index in [0.717, 1.165) is 32.2 Å². The average Bonchev–Trinajstić information content (AvgIpc) is 2.86. The number of amides is 2. The first-order valence-electron chi connectivity index (χ1n) is 6.57. The minimum Gasteiger partial charge on any atom is -0.350 e. The van der Waals surface area contributed by atoms with Crippen molar-refractivity contribution in [2.75, 3.05) is 13.1 Å². The molecule has 102 valence electrons. The Bertz CT molecular complexity index is 340. The zero-order chi connectivity index (χ0) is 11.8. The molecule has 3 rings (SSSR count). The molecule has 1 saturated carbocycles. The smallest absolute Gasteiger partial charge is 0.237 e. The van der Waals surface area contributed by atoms with Gasteiger partial charge in [0, 0.05) is 19.0 Å². The van der Waals surface area contributed by atoms with Crippen LogP contribution in [0.2, 0.25) is 0 Å². The first-order chi connectivity index (χ1) is 8.24. The summed E-state index contributed by atoms with van der Waals surface area (Å²) in [4.78, 5) is 25.6. The maximum absolute atomic E-state index is 11.9. The van der Waals surface area contributed by atoms with Crippen molar-refractivity contribution in [3.8, 4) is 0 Å². The highest BCUT2D eigenvalue weighted by atomic mass is 35.5. The van der Waals surface area contributed by atoms with Gasteiger partial charge in [-0.15, -0.1) is 12.4 Å². The van der Waals surface area contributed by atoms with Gasteiger partial charge >= 0.3 is 0 Å². The van der Waals surface area contributed by atoms with Crippen LogP contribution in [0.4, 0.5) is 0 Å². The Balaban J connectivity index is 0.00000120. The van der Waals surface area contributed by atoms with Gasteiger partial charge in [0.25, 0.3) is 0 Å². The van der Waals surface area contributed by atoms with Crippen LogP contribution >= 0.6 is 12.4 Å². The summed E-state index contributed by atoms with van der Waals surface area (Å²) in [6, 6.07) is 0.451. The summed E-state index contributed by atoms with van der Waals surface area (Å²) in [5, 5.41) is 6.18. The molecule has 2 saturated heterocycles. The molecule has 2 amide bonds. The van der Waals surface area contributed by atoms with E-state index in [0.29, 0.717) is 19.0 Å². The van der Waals surface area contributed by atoms with Gasteiger partial charge in [0.1, 0.15) is 0 Å². The van der Waals surface area contributed by atoms with Crippen LogP contribution in [0.3, 0.4) is 0 Å². The van der Waals surface area contributed by atoms with Gasteiger partial charge in [-0.2, -0.15) is 0 Å². The Morgan fingerprint density at radius 3 is 2.72 bits per heavy atom. The molecule has 3 fully saturated rings. The second-order valence-electron chi connectivity index (χ2n) is 5.34. The van der Waals surface area contributed by atoms with E-state index in [9.17, 15) is 9.59 Å². The third kappa shape index (κ3) is 2.78. The predicted octanol–water partition coefficient (Wildman–Crippen LogP) is 0.0397. The number of rotatable bonds is 3. The molecule has 5 nitrogen and oxygen atoms in total. The van der Waals surface area contributed by atoms with Gasteiger partial charge in [-0.05, 0) is 32.2 Å². The Morgan fingerprint density at radius 1 is 1.33 bits per heavy atom. The topological polar surface area (TPSA) is 61.4 Å². The summed E-state index contributed by atoms with van der Waals surface area (Å²) < 4.78 is 0. The summed E-state index contributed by atoms with van der Waals surface area (Å²) >= 11 is 0. The van der Waals surface area contributed by atoms with Gasteiger partial charge in [-0.1, -0.05) is 0 Å². The minimum atomic E-state index is -0.0416. The standard InChI is InChI=1S/C12H19N3O2.ClH/c16-11-6-8(7-15(11)9-3-4-9)14-12(17)10-2-1-5-13-10;/h8-10,13H,1-7H2,(H,14,17);1H. The van der Waals surface area contributed by atoms with E-state index in [1.807, 2.05) is 4.90 Å². The first kappa shape index (κ1) is 13.6. The van der Waals surface area contributed by atoms with Gasteiger partial charge in [0.2, 0.25) is 11.8 Å². The molecule has 18 heavy (non-hydrogen) atoms. The van der Waals surface area contributed by atoms with Crippen molar-refractivity contribution in [2.45, 2.75) is 50.2 Å². The Hall–Kier alpha value is -0.810. The van der Waals surface area contributed by atoms with Crippen LogP contribution in [0.5, 0.6) is 0 Å². The van der Waals surface area contributed by atoms with E-state index in [4.69, 9.17) is 0 Å². The van der Waals surface area contributed by atoms with Crippen molar-refractivity contribution < 1.29 is 9.59 Å². The van der Waals surface area contributed by atoms with Crippen molar-refractivity contribution in [3.63, 3.8) is 0 Å². The van der Waals surface area contributed by atoms with Gasteiger partial charge < -0.3 is 15.5 Å².